The van der Waals surface area contributed by atoms with Crippen molar-refractivity contribution < 1.29 is 13.2 Å². The SMILES string of the molecule is O=C(NCNS(=O)(=O)c1ccccc1)Nc1ccccc1. The topological polar surface area (TPSA) is 87.3 Å². The number of rotatable bonds is 5. The van der Waals surface area contributed by atoms with Crippen molar-refractivity contribution in [3.8, 4) is 0 Å². The Kier molecular flexibility index (Phi) is 4.91. The number of nitrogens with one attached hydrogen (secondary N) is 3. The van der Waals surface area contributed by atoms with Crippen LogP contribution in [0.3, 0.4) is 0 Å². The van der Waals surface area contributed by atoms with Crippen LogP contribution in [0.5, 0.6) is 0 Å². The average molecular weight is 305 g/mol. The van der Waals surface area contributed by atoms with Gasteiger partial charge in [-0.05, 0) is 24.3 Å². The minimum atomic E-state index is -3.62. The van der Waals surface area contributed by atoms with Gasteiger partial charge in [0, 0.05) is 5.69 Å². The normalized spacial score (nSPS) is 10.9. The molecular weight excluding hydrogens is 290 g/mol. The lowest BCUT2D eigenvalue weighted by atomic mass is 10.3. The van der Waals surface area contributed by atoms with Crippen LogP contribution in [0.1, 0.15) is 0 Å². The van der Waals surface area contributed by atoms with Crippen LogP contribution >= 0.6 is 0 Å². The van der Waals surface area contributed by atoms with Gasteiger partial charge in [-0.25, -0.2) is 13.2 Å². The fourth-order valence-corrected chi connectivity index (χ4v) is 2.54. The maximum atomic E-state index is 11.9. The van der Waals surface area contributed by atoms with E-state index >= 15 is 0 Å². The molecule has 0 saturated heterocycles. The molecule has 2 aromatic rings. The van der Waals surface area contributed by atoms with Crippen molar-refractivity contribution in [2.45, 2.75) is 4.90 Å². The highest BCUT2D eigenvalue weighted by Gasteiger charge is 2.12. The number of hydrogen-bond donors (Lipinski definition) is 3. The van der Waals surface area contributed by atoms with Crippen LogP contribution in [0.2, 0.25) is 0 Å². The molecule has 2 amide bonds. The van der Waals surface area contributed by atoms with Crippen molar-refractivity contribution in [3.63, 3.8) is 0 Å². The second-order valence-corrected chi connectivity index (χ2v) is 5.90. The van der Waals surface area contributed by atoms with E-state index in [1.165, 1.54) is 12.1 Å². The first-order valence-corrected chi connectivity index (χ1v) is 7.71. The standard InChI is InChI=1S/C14H15N3O3S/c18-14(17-12-7-3-1-4-8-12)15-11-16-21(19,20)13-9-5-2-6-10-13/h1-10,16H,11H2,(H2,15,17,18). The number of para-hydroxylation sites is 1. The molecule has 0 heterocycles. The van der Waals surface area contributed by atoms with E-state index in [9.17, 15) is 13.2 Å². The molecule has 0 aliphatic carbocycles. The molecule has 0 atom stereocenters. The molecule has 2 aromatic carbocycles. The van der Waals surface area contributed by atoms with Gasteiger partial charge in [0.1, 0.15) is 0 Å². The van der Waals surface area contributed by atoms with Gasteiger partial charge in [-0.1, -0.05) is 36.4 Å². The third-order valence-electron chi connectivity index (χ3n) is 2.60. The summed E-state index contributed by atoms with van der Waals surface area (Å²) in [6, 6.07) is 16.3. The summed E-state index contributed by atoms with van der Waals surface area (Å²) < 4.78 is 26.1. The summed E-state index contributed by atoms with van der Waals surface area (Å²) in [4.78, 5) is 11.7. The molecule has 0 unspecified atom stereocenters. The molecule has 0 aromatic heterocycles. The maximum Gasteiger partial charge on any atom is 0.320 e. The van der Waals surface area contributed by atoms with Crippen LogP contribution in [0.4, 0.5) is 10.5 Å². The molecule has 2 rings (SSSR count). The van der Waals surface area contributed by atoms with Crippen molar-refractivity contribution >= 4 is 21.7 Å². The van der Waals surface area contributed by atoms with Gasteiger partial charge in [0.2, 0.25) is 10.0 Å². The first-order chi connectivity index (χ1) is 10.1. The summed E-state index contributed by atoms with van der Waals surface area (Å²) in [5.41, 5.74) is 0.626. The molecule has 21 heavy (non-hydrogen) atoms. The van der Waals surface area contributed by atoms with Gasteiger partial charge < -0.3 is 10.6 Å². The number of urea groups is 1. The Balaban J connectivity index is 1.83. The number of hydrogen-bond acceptors (Lipinski definition) is 3. The predicted molar refractivity (Wildman–Crippen MR) is 80.2 cm³/mol. The number of sulfonamides is 1. The first-order valence-electron chi connectivity index (χ1n) is 6.22. The van der Waals surface area contributed by atoms with Gasteiger partial charge in [0.15, 0.2) is 0 Å². The molecule has 0 spiro atoms. The third kappa shape index (κ3) is 4.59. The van der Waals surface area contributed by atoms with Gasteiger partial charge in [-0.2, -0.15) is 4.72 Å². The minimum absolute atomic E-state index is 0.148. The van der Waals surface area contributed by atoms with Crippen LogP contribution in [-0.2, 0) is 10.0 Å². The Morgan fingerprint density at radius 3 is 2.10 bits per heavy atom. The predicted octanol–water partition coefficient (Wildman–Crippen LogP) is 1.74. The van der Waals surface area contributed by atoms with Crippen molar-refractivity contribution in [1.82, 2.24) is 10.0 Å². The highest BCUT2D eigenvalue weighted by molar-refractivity contribution is 7.89. The van der Waals surface area contributed by atoms with Gasteiger partial charge in [-0.3, -0.25) is 0 Å². The number of amides is 2. The van der Waals surface area contributed by atoms with Gasteiger partial charge in [-0.15, -0.1) is 0 Å². The van der Waals surface area contributed by atoms with Crippen molar-refractivity contribution in [2.75, 3.05) is 12.0 Å². The number of benzene rings is 2. The largest absolute Gasteiger partial charge is 0.324 e. The molecule has 6 nitrogen and oxygen atoms in total. The smallest absolute Gasteiger partial charge is 0.320 e. The average Bonchev–Trinajstić information content (AvgIpc) is 2.49. The van der Waals surface area contributed by atoms with Crippen LogP contribution in [0.25, 0.3) is 0 Å². The molecule has 7 heteroatoms. The van der Waals surface area contributed by atoms with E-state index in [1.54, 1.807) is 42.5 Å². The van der Waals surface area contributed by atoms with E-state index in [0.717, 1.165) is 0 Å². The Hall–Kier alpha value is -2.38. The zero-order valence-corrected chi connectivity index (χ0v) is 11.9. The minimum Gasteiger partial charge on any atom is -0.324 e. The summed E-state index contributed by atoms with van der Waals surface area (Å²) >= 11 is 0. The van der Waals surface area contributed by atoms with E-state index in [-0.39, 0.29) is 11.6 Å². The summed E-state index contributed by atoms with van der Waals surface area (Å²) in [5, 5.41) is 5.00. The first kappa shape index (κ1) is 15.0. The number of anilines is 1. The Morgan fingerprint density at radius 2 is 1.48 bits per heavy atom. The Bertz CT molecular complexity index is 688. The Labute approximate surface area is 123 Å². The molecule has 0 fully saturated rings. The van der Waals surface area contributed by atoms with E-state index in [4.69, 9.17) is 0 Å². The van der Waals surface area contributed by atoms with Gasteiger partial charge in [0.05, 0.1) is 11.6 Å². The van der Waals surface area contributed by atoms with Crippen LogP contribution < -0.4 is 15.4 Å². The van der Waals surface area contributed by atoms with E-state index in [0.29, 0.717) is 5.69 Å². The summed E-state index contributed by atoms with van der Waals surface area (Å²) in [5.74, 6) is 0. The lowest BCUT2D eigenvalue weighted by molar-refractivity contribution is 0.252. The number of carbonyl (C=O) groups is 1. The monoisotopic (exact) mass is 305 g/mol. The second kappa shape index (κ2) is 6.87. The molecule has 3 N–H and O–H groups in total. The number of carbonyl (C=O) groups excluding carboxylic acids is 1. The Morgan fingerprint density at radius 1 is 0.905 bits per heavy atom. The van der Waals surface area contributed by atoms with Gasteiger partial charge in [0.25, 0.3) is 0 Å². The summed E-state index contributed by atoms with van der Waals surface area (Å²) in [6.45, 7) is -0.199. The lowest BCUT2D eigenvalue weighted by Gasteiger charge is -2.09. The summed E-state index contributed by atoms with van der Waals surface area (Å²) in [7, 11) is -3.62. The highest BCUT2D eigenvalue weighted by atomic mass is 32.2. The maximum absolute atomic E-state index is 11.9. The molecule has 0 saturated carbocycles. The fraction of sp³-hybridized carbons (Fsp3) is 0.0714. The van der Waals surface area contributed by atoms with Crippen molar-refractivity contribution in [2.24, 2.45) is 0 Å². The molecule has 110 valence electrons. The van der Waals surface area contributed by atoms with Crippen molar-refractivity contribution in [3.05, 3.63) is 60.7 Å². The van der Waals surface area contributed by atoms with Crippen molar-refractivity contribution in [1.29, 1.82) is 0 Å². The second-order valence-electron chi connectivity index (χ2n) is 4.13. The zero-order chi connectivity index (χ0) is 15.1. The molecule has 0 aliphatic rings. The molecular formula is C14H15N3O3S. The van der Waals surface area contributed by atoms with E-state index < -0.39 is 16.1 Å². The van der Waals surface area contributed by atoms with Crippen LogP contribution in [0, 0.1) is 0 Å². The van der Waals surface area contributed by atoms with Crippen LogP contribution in [0.15, 0.2) is 65.6 Å². The molecule has 0 radical (unpaired) electrons. The quantitative estimate of drug-likeness (QED) is 0.735. The zero-order valence-electron chi connectivity index (χ0n) is 11.1. The van der Waals surface area contributed by atoms with E-state index in [2.05, 4.69) is 15.4 Å². The highest BCUT2D eigenvalue weighted by Crippen LogP contribution is 2.06. The van der Waals surface area contributed by atoms with Crippen LogP contribution in [-0.4, -0.2) is 21.1 Å². The van der Waals surface area contributed by atoms with Gasteiger partial charge >= 0.3 is 6.03 Å². The summed E-state index contributed by atoms with van der Waals surface area (Å²) in [6.07, 6.45) is 0. The lowest BCUT2D eigenvalue weighted by Crippen LogP contribution is -2.39. The fourth-order valence-electron chi connectivity index (χ4n) is 1.59. The van der Waals surface area contributed by atoms with E-state index in [1.807, 2.05) is 6.07 Å². The molecule has 0 aliphatic heterocycles. The third-order valence-corrected chi connectivity index (χ3v) is 4.01. The molecule has 0 bridgehead atoms.